The number of fused-ring (bicyclic) bond motifs is 1. The lowest BCUT2D eigenvalue weighted by molar-refractivity contribution is -0.142. The molecule has 2 rings (SSSR count). The molecule has 0 fully saturated rings. The Kier molecular flexibility index (Phi) is 10.9. The number of rotatable bonds is 14. The van der Waals surface area contributed by atoms with E-state index in [-0.39, 0.29) is 18.6 Å². The first-order valence-corrected chi connectivity index (χ1v) is 12.0. The summed E-state index contributed by atoms with van der Waals surface area (Å²) >= 11 is 3.85. The van der Waals surface area contributed by atoms with Crippen LogP contribution in [0.4, 0.5) is 0 Å². The Morgan fingerprint density at radius 3 is 2.24 bits per heavy atom. The molecule has 0 spiro atoms. The molecule has 5 unspecified atom stereocenters. The lowest BCUT2D eigenvalue weighted by Gasteiger charge is -2.26. The monoisotopic (exact) mass is 537 g/mol. The van der Waals surface area contributed by atoms with Gasteiger partial charge in [-0.15, -0.1) is 0 Å². The maximum Gasteiger partial charge on any atom is 0.327 e. The first-order chi connectivity index (χ1) is 17.4. The van der Waals surface area contributed by atoms with Crippen molar-refractivity contribution in [2.75, 3.05) is 5.75 Å². The summed E-state index contributed by atoms with van der Waals surface area (Å²) in [5.41, 5.74) is 7.68. The summed E-state index contributed by atoms with van der Waals surface area (Å²) in [6.07, 6.45) is -0.438. The van der Waals surface area contributed by atoms with Gasteiger partial charge < -0.3 is 42.0 Å². The number of benzene rings is 1. The Labute approximate surface area is 217 Å². The Morgan fingerprint density at radius 2 is 1.65 bits per heavy atom. The van der Waals surface area contributed by atoms with Crippen LogP contribution in [0.25, 0.3) is 10.9 Å². The van der Waals surface area contributed by atoms with Gasteiger partial charge in [-0.1, -0.05) is 18.2 Å². The van der Waals surface area contributed by atoms with Gasteiger partial charge in [0.15, 0.2) is 0 Å². The largest absolute Gasteiger partial charge is 0.481 e. The number of nitrogens with two attached hydrogens (primary N) is 1. The van der Waals surface area contributed by atoms with Gasteiger partial charge in [-0.3, -0.25) is 19.2 Å². The van der Waals surface area contributed by atoms with Crippen molar-refractivity contribution in [2.24, 2.45) is 5.73 Å². The van der Waals surface area contributed by atoms with E-state index in [9.17, 15) is 29.1 Å². The summed E-state index contributed by atoms with van der Waals surface area (Å²) in [7, 11) is 0. The van der Waals surface area contributed by atoms with Crippen LogP contribution in [-0.4, -0.2) is 86.0 Å². The number of aliphatic carboxylic acids is 2. The second kappa shape index (κ2) is 13.6. The van der Waals surface area contributed by atoms with Gasteiger partial charge in [0.1, 0.15) is 18.1 Å². The molecule has 9 N–H and O–H groups in total. The van der Waals surface area contributed by atoms with Crippen LogP contribution in [0.5, 0.6) is 0 Å². The van der Waals surface area contributed by atoms with Gasteiger partial charge in [0, 0.05) is 29.3 Å². The van der Waals surface area contributed by atoms with E-state index in [0.29, 0.717) is 0 Å². The van der Waals surface area contributed by atoms with E-state index in [0.717, 1.165) is 16.5 Å². The summed E-state index contributed by atoms with van der Waals surface area (Å²) in [5.74, 6) is -5.54. The van der Waals surface area contributed by atoms with E-state index < -0.39 is 66.4 Å². The van der Waals surface area contributed by atoms with Crippen molar-refractivity contribution >= 4 is 53.2 Å². The van der Waals surface area contributed by atoms with Crippen LogP contribution in [0.1, 0.15) is 25.3 Å². The molecule has 202 valence electrons. The van der Waals surface area contributed by atoms with Crippen LogP contribution in [0, 0.1) is 0 Å². The fourth-order valence-corrected chi connectivity index (χ4v) is 3.80. The lowest BCUT2D eigenvalue weighted by atomic mass is 10.0. The summed E-state index contributed by atoms with van der Waals surface area (Å²) in [6.45, 7) is 1.24. The highest BCUT2D eigenvalue weighted by atomic mass is 32.1. The van der Waals surface area contributed by atoms with E-state index >= 15 is 0 Å². The van der Waals surface area contributed by atoms with E-state index in [2.05, 4.69) is 33.6 Å². The quantitative estimate of drug-likeness (QED) is 0.131. The van der Waals surface area contributed by atoms with Crippen molar-refractivity contribution in [1.82, 2.24) is 20.9 Å². The Bertz CT molecular complexity index is 1140. The molecule has 5 atom stereocenters. The molecule has 37 heavy (non-hydrogen) atoms. The van der Waals surface area contributed by atoms with Crippen LogP contribution >= 0.6 is 12.6 Å². The number of carboxylic acids is 2. The SMILES string of the molecule is CC(O)C(NC(=O)C(N)Cc1c[nH]c2ccccc12)C(=O)NC(CCC(=O)O)C(=O)NC(CS)C(=O)O. The number of aliphatic hydroxyl groups excluding tert-OH is 1. The molecule has 0 saturated carbocycles. The predicted molar refractivity (Wildman–Crippen MR) is 136 cm³/mol. The van der Waals surface area contributed by atoms with Crippen LogP contribution in [0.2, 0.25) is 0 Å². The number of thiol groups is 1. The van der Waals surface area contributed by atoms with Gasteiger partial charge in [0.2, 0.25) is 17.7 Å². The molecule has 0 aliphatic carbocycles. The zero-order valence-electron chi connectivity index (χ0n) is 20.0. The lowest BCUT2D eigenvalue weighted by Crippen LogP contribution is -2.60. The minimum Gasteiger partial charge on any atom is -0.481 e. The molecular formula is C23H31N5O8S. The van der Waals surface area contributed by atoms with Crippen molar-refractivity contribution in [1.29, 1.82) is 0 Å². The number of hydrogen-bond donors (Lipinski definition) is 9. The third-order valence-corrected chi connectivity index (χ3v) is 5.96. The molecule has 13 nitrogen and oxygen atoms in total. The van der Waals surface area contributed by atoms with Crippen molar-refractivity contribution in [3.05, 3.63) is 36.0 Å². The topological polar surface area (TPSA) is 224 Å². The van der Waals surface area contributed by atoms with E-state index in [1.54, 1.807) is 6.20 Å². The number of aromatic nitrogens is 1. The Hall–Kier alpha value is -3.62. The number of para-hydroxylation sites is 1. The standard InChI is InChI=1S/C23H31N5O8S/c1-11(29)19(28-20(32)14(24)8-12-9-25-15-5-3-2-4-13(12)15)22(34)26-16(6-7-18(30)31)21(33)27-17(10-37)23(35)36/h2-5,9,11,14,16-17,19,25,29,37H,6-8,10,24H2,1H3,(H,26,34)(H,27,33)(H,28,32)(H,30,31)(H,35,36). The molecule has 2 aromatic rings. The van der Waals surface area contributed by atoms with Gasteiger partial charge in [-0.05, 0) is 31.4 Å². The van der Waals surface area contributed by atoms with Crippen LogP contribution in [-0.2, 0) is 30.4 Å². The predicted octanol–water partition coefficient (Wildman–Crippen LogP) is -1.25. The molecule has 0 aliphatic heterocycles. The van der Waals surface area contributed by atoms with Gasteiger partial charge in [0.25, 0.3) is 0 Å². The molecular weight excluding hydrogens is 506 g/mol. The highest BCUT2D eigenvalue weighted by Crippen LogP contribution is 2.18. The number of nitrogens with one attached hydrogen (secondary N) is 4. The van der Waals surface area contributed by atoms with Crippen LogP contribution in [0.15, 0.2) is 30.5 Å². The zero-order chi connectivity index (χ0) is 27.7. The van der Waals surface area contributed by atoms with E-state index in [1.807, 2.05) is 24.3 Å². The summed E-state index contributed by atoms with van der Waals surface area (Å²) < 4.78 is 0. The summed E-state index contributed by atoms with van der Waals surface area (Å²) in [4.78, 5) is 63.5. The van der Waals surface area contributed by atoms with Gasteiger partial charge in [-0.25, -0.2) is 4.79 Å². The van der Waals surface area contributed by atoms with Crippen LogP contribution in [0.3, 0.4) is 0 Å². The first kappa shape index (κ1) is 29.6. The number of hydrogen-bond acceptors (Lipinski definition) is 8. The molecule has 0 radical (unpaired) electrons. The fraction of sp³-hybridized carbons (Fsp3) is 0.435. The average Bonchev–Trinajstić information content (AvgIpc) is 3.25. The highest BCUT2D eigenvalue weighted by molar-refractivity contribution is 7.80. The molecule has 14 heteroatoms. The second-order valence-electron chi connectivity index (χ2n) is 8.47. The van der Waals surface area contributed by atoms with Crippen LogP contribution < -0.4 is 21.7 Å². The molecule has 3 amide bonds. The van der Waals surface area contributed by atoms with E-state index in [1.165, 1.54) is 6.92 Å². The number of carbonyl (C=O) groups excluding carboxylic acids is 3. The molecule has 1 heterocycles. The normalized spacial score (nSPS) is 15.1. The number of aromatic amines is 1. The Morgan fingerprint density at radius 1 is 1.00 bits per heavy atom. The van der Waals surface area contributed by atoms with Crippen molar-refractivity contribution in [3.8, 4) is 0 Å². The fourth-order valence-electron chi connectivity index (χ4n) is 3.55. The molecule has 0 bridgehead atoms. The molecule has 0 aliphatic rings. The number of H-pyrrole nitrogens is 1. The van der Waals surface area contributed by atoms with E-state index in [4.69, 9.17) is 15.9 Å². The average molecular weight is 538 g/mol. The maximum atomic E-state index is 12.9. The van der Waals surface area contributed by atoms with Gasteiger partial charge in [0.05, 0.1) is 12.1 Å². The first-order valence-electron chi connectivity index (χ1n) is 11.4. The highest BCUT2D eigenvalue weighted by Gasteiger charge is 2.32. The smallest absolute Gasteiger partial charge is 0.327 e. The maximum absolute atomic E-state index is 12.9. The molecule has 1 aromatic carbocycles. The number of aliphatic hydroxyl groups is 1. The summed E-state index contributed by atoms with van der Waals surface area (Å²) in [5, 5.41) is 35.9. The zero-order valence-corrected chi connectivity index (χ0v) is 20.9. The van der Waals surface area contributed by atoms with Crippen molar-refractivity contribution in [3.63, 3.8) is 0 Å². The summed E-state index contributed by atoms with van der Waals surface area (Å²) in [6, 6.07) is 1.98. The Balaban J connectivity index is 2.10. The minimum atomic E-state index is -1.53. The van der Waals surface area contributed by atoms with Crippen molar-refractivity contribution in [2.45, 2.75) is 56.5 Å². The molecule has 1 aromatic heterocycles. The van der Waals surface area contributed by atoms with Gasteiger partial charge >= 0.3 is 11.9 Å². The van der Waals surface area contributed by atoms with Gasteiger partial charge in [-0.2, -0.15) is 12.6 Å². The number of amides is 3. The molecule has 0 saturated heterocycles. The minimum absolute atomic E-state index is 0.133. The number of carboxylic acid groups (broad SMARTS) is 2. The third-order valence-electron chi connectivity index (χ3n) is 5.59. The second-order valence-corrected chi connectivity index (χ2v) is 8.84. The number of carbonyl (C=O) groups is 5. The third kappa shape index (κ3) is 8.48. The van der Waals surface area contributed by atoms with Crippen molar-refractivity contribution < 1.29 is 39.3 Å².